The molecule has 0 aliphatic heterocycles. The molecule has 0 radical (unpaired) electrons. The topological polar surface area (TPSA) is 72.5 Å². The Morgan fingerprint density at radius 1 is 1.39 bits per heavy atom. The summed E-state index contributed by atoms with van der Waals surface area (Å²) in [5, 5.41) is 0. The summed E-state index contributed by atoms with van der Waals surface area (Å²) in [7, 11) is -4.02. The van der Waals surface area contributed by atoms with Crippen LogP contribution in [0.3, 0.4) is 0 Å². The molecule has 1 aromatic rings. The van der Waals surface area contributed by atoms with Gasteiger partial charge in [0.25, 0.3) is 0 Å². The Morgan fingerprint density at radius 2 is 2.00 bits per heavy atom. The molecular weight excluding hydrogens is 469 g/mol. The molecule has 0 spiro atoms. The molecule has 1 rings (SSSR count). The summed E-state index contributed by atoms with van der Waals surface area (Å²) < 4.78 is 33.0. The molecule has 0 saturated heterocycles. The van der Waals surface area contributed by atoms with Crippen molar-refractivity contribution >= 4 is 78.2 Å². The van der Waals surface area contributed by atoms with Gasteiger partial charge in [0, 0.05) is 0 Å². The van der Waals surface area contributed by atoms with E-state index in [0.29, 0.717) is 12.2 Å². The van der Waals surface area contributed by atoms with Gasteiger partial charge in [-0.1, -0.05) is 23.2 Å². The van der Waals surface area contributed by atoms with Gasteiger partial charge in [0.15, 0.2) is 0 Å². The molecule has 23 heavy (non-hydrogen) atoms. The van der Waals surface area contributed by atoms with Crippen molar-refractivity contribution in [1.82, 2.24) is 4.72 Å². The molecule has 132 valence electrons. The highest BCUT2D eigenvalue weighted by Gasteiger charge is 2.32. The van der Waals surface area contributed by atoms with Crippen LogP contribution in [0.15, 0.2) is 9.37 Å². The number of hydrogen-bond donors (Lipinski definition) is 1. The van der Waals surface area contributed by atoms with Crippen molar-refractivity contribution < 1.29 is 17.9 Å². The third kappa shape index (κ3) is 6.05. The quantitative estimate of drug-likeness (QED) is 0.560. The lowest BCUT2D eigenvalue weighted by atomic mass is 10.2. The Hall–Kier alpha value is 0.490. The van der Waals surface area contributed by atoms with Crippen LogP contribution in [-0.4, -0.2) is 38.5 Å². The van der Waals surface area contributed by atoms with Gasteiger partial charge in [0.05, 0.1) is 10.6 Å². The largest absolute Gasteiger partial charge is 0.462 e. The van der Waals surface area contributed by atoms with Gasteiger partial charge in [0.1, 0.15) is 19.6 Å². The summed E-state index contributed by atoms with van der Waals surface area (Å²) in [6, 6.07) is -0.989. The Labute approximate surface area is 162 Å². The van der Waals surface area contributed by atoms with Crippen molar-refractivity contribution in [3.8, 4) is 0 Å². The minimum absolute atomic E-state index is 0.0234. The van der Waals surface area contributed by atoms with Crippen LogP contribution in [0.1, 0.15) is 20.3 Å². The number of carbonyl (C=O) groups excluding carboxylic acids is 1. The van der Waals surface area contributed by atoms with E-state index >= 15 is 0 Å². The van der Waals surface area contributed by atoms with Gasteiger partial charge in [-0.15, -0.1) is 11.3 Å². The third-order valence-electron chi connectivity index (χ3n) is 2.54. The molecule has 11 heteroatoms. The number of sulfonamides is 1. The van der Waals surface area contributed by atoms with Crippen molar-refractivity contribution in [3.05, 3.63) is 13.1 Å². The number of carbonyl (C=O) groups is 1. The Bertz CT molecular complexity index is 664. The molecule has 0 aromatic carbocycles. The number of nitrogens with one attached hydrogen (secondary N) is 1. The molecule has 0 saturated carbocycles. The fourth-order valence-electron chi connectivity index (χ4n) is 1.59. The van der Waals surface area contributed by atoms with E-state index in [1.807, 2.05) is 6.26 Å². The average molecular weight is 485 g/mol. The number of thiophene rings is 1. The molecule has 5 nitrogen and oxygen atoms in total. The number of thioether (sulfide) groups is 1. The summed E-state index contributed by atoms with van der Waals surface area (Å²) in [4.78, 5) is 12.0. The molecule has 0 amide bonds. The summed E-state index contributed by atoms with van der Waals surface area (Å²) in [5.41, 5.74) is 0. The lowest BCUT2D eigenvalue weighted by molar-refractivity contribution is -0.149. The molecule has 1 atom stereocenters. The molecule has 0 bridgehead atoms. The van der Waals surface area contributed by atoms with Crippen LogP contribution in [0.5, 0.6) is 0 Å². The lowest BCUT2D eigenvalue weighted by Crippen LogP contribution is -2.43. The van der Waals surface area contributed by atoms with E-state index in [9.17, 15) is 13.2 Å². The van der Waals surface area contributed by atoms with Crippen molar-refractivity contribution in [2.75, 3.05) is 12.0 Å². The van der Waals surface area contributed by atoms with E-state index in [-0.39, 0.29) is 24.1 Å². The van der Waals surface area contributed by atoms with Gasteiger partial charge in [-0.2, -0.15) is 16.5 Å². The number of hydrogen-bond acceptors (Lipinski definition) is 6. The number of ether oxygens (including phenoxy) is 1. The highest BCUT2D eigenvalue weighted by molar-refractivity contribution is 9.10. The molecule has 1 heterocycles. The van der Waals surface area contributed by atoms with Crippen LogP contribution in [0.2, 0.25) is 8.67 Å². The SMILES string of the molecule is CSCCC(NS(=O)(=O)c1c(Cl)sc(Cl)c1Br)C(=O)OC(C)C. The van der Waals surface area contributed by atoms with Crippen molar-refractivity contribution in [3.63, 3.8) is 0 Å². The standard InChI is InChI=1S/C12H16BrCl2NO4S3/c1-6(2)20-12(17)7(4-5-21-3)16-23(18,19)9-8(13)10(14)22-11(9)15/h6-7,16H,4-5H2,1-3H3. The highest BCUT2D eigenvalue weighted by Crippen LogP contribution is 2.42. The summed E-state index contributed by atoms with van der Waals surface area (Å²) in [6.07, 6.45) is 1.83. The van der Waals surface area contributed by atoms with E-state index in [1.165, 1.54) is 11.8 Å². The molecule has 0 aliphatic rings. The maximum Gasteiger partial charge on any atom is 0.324 e. The van der Waals surface area contributed by atoms with Crippen LogP contribution < -0.4 is 4.72 Å². The average Bonchev–Trinajstić information content (AvgIpc) is 2.67. The van der Waals surface area contributed by atoms with Gasteiger partial charge in [-0.25, -0.2) is 8.42 Å². The zero-order valence-electron chi connectivity index (χ0n) is 12.6. The van der Waals surface area contributed by atoms with Gasteiger partial charge in [-0.3, -0.25) is 4.79 Å². The lowest BCUT2D eigenvalue weighted by Gasteiger charge is -2.19. The fraction of sp³-hybridized carbons (Fsp3) is 0.583. The first-order chi connectivity index (χ1) is 10.6. The first-order valence-corrected chi connectivity index (χ1v) is 11.7. The van der Waals surface area contributed by atoms with Gasteiger partial charge < -0.3 is 4.74 Å². The van der Waals surface area contributed by atoms with E-state index < -0.39 is 22.0 Å². The summed E-state index contributed by atoms with van der Waals surface area (Å²) in [5.74, 6) is -0.0224. The van der Waals surface area contributed by atoms with Crippen molar-refractivity contribution in [1.29, 1.82) is 0 Å². The molecule has 1 unspecified atom stereocenters. The Kier molecular flexibility index (Phi) is 8.67. The highest BCUT2D eigenvalue weighted by atomic mass is 79.9. The predicted octanol–water partition coefficient (Wildman–Crippen LogP) is 4.17. The second-order valence-corrected chi connectivity index (χ2v) is 10.4. The molecular formula is C12H16BrCl2NO4S3. The molecule has 0 fully saturated rings. The second-order valence-electron chi connectivity index (χ2n) is 4.73. The second kappa shape index (κ2) is 9.26. The summed E-state index contributed by atoms with van der Waals surface area (Å²) in [6.45, 7) is 3.40. The zero-order chi connectivity index (χ0) is 17.8. The third-order valence-corrected chi connectivity index (χ3v) is 8.12. The minimum Gasteiger partial charge on any atom is -0.462 e. The van der Waals surface area contributed by atoms with Gasteiger partial charge >= 0.3 is 5.97 Å². The van der Waals surface area contributed by atoms with Crippen LogP contribution in [-0.2, 0) is 19.6 Å². The Morgan fingerprint density at radius 3 is 2.43 bits per heavy atom. The monoisotopic (exact) mass is 483 g/mol. The van der Waals surface area contributed by atoms with E-state index in [1.54, 1.807) is 13.8 Å². The van der Waals surface area contributed by atoms with Crippen molar-refractivity contribution in [2.45, 2.75) is 37.3 Å². The first-order valence-electron chi connectivity index (χ1n) is 6.45. The van der Waals surface area contributed by atoms with Crippen LogP contribution >= 0.6 is 62.2 Å². The zero-order valence-corrected chi connectivity index (χ0v) is 18.1. The Balaban J connectivity index is 3.07. The number of halogens is 3. The molecule has 1 N–H and O–H groups in total. The molecule has 1 aromatic heterocycles. The maximum absolute atomic E-state index is 12.6. The minimum atomic E-state index is -4.02. The number of esters is 1. The fourth-order valence-corrected chi connectivity index (χ4v) is 6.84. The van der Waals surface area contributed by atoms with Crippen LogP contribution in [0.4, 0.5) is 0 Å². The number of rotatable bonds is 8. The van der Waals surface area contributed by atoms with E-state index in [0.717, 1.165) is 11.3 Å². The summed E-state index contributed by atoms with van der Waals surface area (Å²) >= 11 is 17.4. The molecule has 0 aliphatic carbocycles. The van der Waals surface area contributed by atoms with E-state index in [4.69, 9.17) is 27.9 Å². The van der Waals surface area contributed by atoms with Crippen LogP contribution in [0.25, 0.3) is 0 Å². The van der Waals surface area contributed by atoms with Gasteiger partial charge in [-0.05, 0) is 48.2 Å². The van der Waals surface area contributed by atoms with Gasteiger partial charge in [0.2, 0.25) is 10.0 Å². The van der Waals surface area contributed by atoms with E-state index in [2.05, 4.69) is 20.7 Å². The van der Waals surface area contributed by atoms with Crippen molar-refractivity contribution in [2.24, 2.45) is 0 Å². The first kappa shape index (κ1) is 21.5. The maximum atomic E-state index is 12.6. The van der Waals surface area contributed by atoms with Crippen LogP contribution in [0, 0.1) is 0 Å². The predicted molar refractivity (Wildman–Crippen MR) is 100 cm³/mol. The smallest absolute Gasteiger partial charge is 0.324 e. The normalized spacial score (nSPS) is 13.3.